The largest absolute Gasteiger partial charge is 0.351 e. The van der Waals surface area contributed by atoms with Crippen molar-refractivity contribution in [2.45, 2.75) is 45.6 Å². The van der Waals surface area contributed by atoms with Crippen molar-refractivity contribution in [2.24, 2.45) is 0 Å². The summed E-state index contributed by atoms with van der Waals surface area (Å²) in [6.07, 6.45) is 5.19. The lowest BCUT2D eigenvalue weighted by Gasteiger charge is -2.29. The Hall–Kier alpha value is -3.18. The van der Waals surface area contributed by atoms with Crippen LogP contribution in [0.2, 0.25) is 0 Å². The van der Waals surface area contributed by atoms with Gasteiger partial charge in [0.05, 0.1) is 28.6 Å². The van der Waals surface area contributed by atoms with Gasteiger partial charge in [-0.2, -0.15) is 5.26 Å². The summed E-state index contributed by atoms with van der Waals surface area (Å²) in [5.41, 5.74) is 1.73. The summed E-state index contributed by atoms with van der Waals surface area (Å²) in [7, 11) is 0. The molecule has 1 aliphatic rings. The molecule has 0 saturated carbocycles. The van der Waals surface area contributed by atoms with E-state index < -0.39 is 0 Å². The number of nitrogens with one attached hydrogen (secondary N) is 1. The smallest absolute Gasteiger partial charge is 0.273 e. The zero-order chi connectivity index (χ0) is 22.5. The molecule has 32 heavy (non-hydrogen) atoms. The number of benzene rings is 1. The number of fused-ring (bicyclic) bond motifs is 1. The number of unbranched alkanes of at least 4 members (excludes halogenated alkanes) is 1. The number of amides is 1. The summed E-state index contributed by atoms with van der Waals surface area (Å²) < 4.78 is 2.14. The van der Waals surface area contributed by atoms with Gasteiger partial charge in [0, 0.05) is 19.6 Å². The van der Waals surface area contributed by atoms with E-state index in [-0.39, 0.29) is 18.0 Å². The van der Waals surface area contributed by atoms with Crippen LogP contribution in [0.1, 0.15) is 59.8 Å². The zero-order valence-electron chi connectivity index (χ0n) is 18.3. The SMILES string of the molecule is CCCCNC(=O)c1cc2nc(N3CCCCC3)n(Cc3ccccc3C#N)c(=O)c2s1. The van der Waals surface area contributed by atoms with E-state index in [0.29, 0.717) is 33.2 Å². The second kappa shape index (κ2) is 9.96. The maximum absolute atomic E-state index is 13.6. The average Bonchev–Trinajstić information content (AvgIpc) is 3.26. The van der Waals surface area contributed by atoms with Crippen molar-refractivity contribution in [3.05, 3.63) is 56.7 Å². The fourth-order valence-corrected chi connectivity index (χ4v) is 4.95. The van der Waals surface area contributed by atoms with Crippen LogP contribution in [0.3, 0.4) is 0 Å². The van der Waals surface area contributed by atoms with Gasteiger partial charge in [0.25, 0.3) is 11.5 Å². The maximum Gasteiger partial charge on any atom is 0.273 e. The van der Waals surface area contributed by atoms with Gasteiger partial charge in [0.2, 0.25) is 5.95 Å². The van der Waals surface area contributed by atoms with Gasteiger partial charge >= 0.3 is 0 Å². The minimum Gasteiger partial charge on any atom is -0.351 e. The van der Waals surface area contributed by atoms with Crippen molar-refractivity contribution >= 4 is 33.4 Å². The number of aromatic nitrogens is 2. The van der Waals surface area contributed by atoms with Gasteiger partial charge in [0.15, 0.2) is 0 Å². The normalized spacial score (nSPS) is 13.8. The van der Waals surface area contributed by atoms with Crippen molar-refractivity contribution in [1.82, 2.24) is 14.9 Å². The quantitative estimate of drug-likeness (QED) is 0.553. The van der Waals surface area contributed by atoms with Crippen LogP contribution in [0, 0.1) is 11.3 Å². The van der Waals surface area contributed by atoms with E-state index in [4.69, 9.17) is 4.98 Å². The molecule has 1 amide bonds. The van der Waals surface area contributed by atoms with Gasteiger partial charge in [-0.1, -0.05) is 31.5 Å². The van der Waals surface area contributed by atoms with Crippen LogP contribution in [0.4, 0.5) is 5.95 Å². The first-order valence-electron chi connectivity index (χ1n) is 11.2. The van der Waals surface area contributed by atoms with Gasteiger partial charge < -0.3 is 10.2 Å². The predicted molar refractivity (Wildman–Crippen MR) is 127 cm³/mol. The number of carbonyl (C=O) groups is 1. The standard InChI is InChI=1S/C24H27N5O2S/c1-2-3-11-26-22(30)20-14-19-21(32-20)23(31)29(16-18-10-6-5-9-17(18)15-25)24(27-19)28-12-7-4-8-13-28/h5-6,9-10,14H,2-4,7-8,11-13,16H2,1H3,(H,26,30). The molecule has 7 nitrogen and oxygen atoms in total. The van der Waals surface area contributed by atoms with Gasteiger partial charge in [-0.25, -0.2) is 4.98 Å². The number of piperidine rings is 1. The second-order valence-electron chi connectivity index (χ2n) is 8.05. The van der Waals surface area contributed by atoms with Gasteiger partial charge in [0.1, 0.15) is 4.70 Å². The van der Waals surface area contributed by atoms with Crippen LogP contribution in [0.25, 0.3) is 10.2 Å². The van der Waals surface area contributed by atoms with Crippen LogP contribution in [-0.4, -0.2) is 35.1 Å². The predicted octanol–water partition coefficient (Wildman–Crippen LogP) is 3.90. The Balaban J connectivity index is 1.79. The Kier molecular flexibility index (Phi) is 6.86. The second-order valence-corrected chi connectivity index (χ2v) is 9.11. The van der Waals surface area contributed by atoms with Gasteiger partial charge in [-0.3, -0.25) is 14.2 Å². The fraction of sp³-hybridized carbons (Fsp3) is 0.417. The van der Waals surface area contributed by atoms with Crippen LogP contribution in [0.15, 0.2) is 35.1 Å². The number of hydrogen-bond acceptors (Lipinski definition) is 6. The first-order chi connectivity index (χ1) is 15.6. The lowest BCUT2D eigenvalue weighted by Crippen LogP contribution is -2.36. The molecule has 1 N–H and O–H groups in total. The Bertz CT molecular complexity index is 1220. The lowest BCUT2D eigenvalue weighted by atomic mass is 10.1. The maximum atomic E-state index is 13.6. The van der Waals surface area contributed by atoms with E-state index in [2.05, 4.69) is 23.2 Å². The number of carbonyl (C=O) groups excluding carboxylic acids is 1. The molecule has 1 fully saturated rings. The molecule has 0 radical (unpaired) electrons. The highest BCUT2D eigenvalue weighted by Gasteiger charge is 2.22. The summed E-state index contributed by atoms with van der Waals surface area (Å²) >= 11 is 1.19. The number of nitriles is 1. The van der Waals surface area contributed by atoms with Crippen molar-refractivity contribution < 1.29 is 4.79 Å². The molecule has 4 rings (SSSR count). The van der Waals surface area contributed by atoms with Crippen LogP contribution < -0.4 is 15.8 Å². The summed E-state index contributed by atoms with van der Waals surface area (Å²) in [5.74, 6) is 0.451. The third-order valence-electron chi connectivity index (χ3n) is 5.76. The fourth-order valence-electron chi connectivity index (χ4n) is 3.99. The van der Waals surface area contributed by atoms with E-state index in [0.717, 1.165) is 44.3 Å². The van der Waals surface area contributed by atoms with E-state index in [1.54, 1.807) is 16.7 Å². The molecule has 3 heterocycles. The van der Waals surface area contributed by atoms with Gasteiger partial charge in [-0.05, 0) is 43.4 Å². The highest BCUT2D eigenvalue weighted by atomic mass is 32.1. The minimum atomic E-state index is -0.166. The van der Waals surface area contributed by atoms with Crippen molar-refractivity contribution in [2.75, 3.05) is 24.5 Å². The van der Waals surface area contributed by atoms with E-state index in [9.17, 15) is 14.9 Å². The summed E-state index contributed by atoms with van der Waals surface area (Å²) in [6, 6.07) is 11.3. The Morgan fingerprint density at radius 2 is 2.03 bits per heavy atom. The Labute approximate surface area is 191 Å². The zero-order valence-corrected chi connectivity index (χ0v) is 19.1. The topological polar surface area (TPSA) is 91.0 Å². The molecule has 8 heteroatoms. The average molecular weight is 450 g/mol. The minimum absolute atomic E-state index is 0.165. The first-order valence-corrected chi connectivity index (χ1v) is 12.0. The first kappa shape index (κ1) is 22.0. The van der Waals surface area contributed by atoms with Crippen molar-refractivity contribution in [1.29, 1.82) is 5.26 Å². The molecule has 2 aromatic heterocycles. The third-order valence-corrected chi connectivity index (χ3v) is 6.87. The number of rotatable bonds is 7. The molecule has 0 unspecified atom stereocenters. The van der Waals surface area contributed by atoms with E-state index >= 15 is 0 Å². The molecule has 0 spiro atoms. The van der Waals surface area contributed by atoms with E-state index in [1.807, 2.05) is 18.2 Å². The lowest BCUT2D eigenvalue weighted by molar-refractivity contribution is 0.0957. The molecule has 1 saturated heterocycles. The number of thiophene rings is 1. The highest BCUT2D eigenvalue weighted by Crippen LogP contribution is 2.26. The molecule has 0 atom stereocenters. The Morgan fingerprint density at radius 3 is 2.78 bits per heavy atom. The molecule has 1 aliphatic heterocycles. The summed E-state index contributed by atoms with van der Waals surface area (Å²) in [5, 5.41) is 12.4. The summed E-state index contributed by atoms with van der Waals surface area (Å²) in [4.78, 5) is 33.6. The van der Waals surface area contributed by atoms with Crippen molar-refractivity contribution in [3.8, 4) is 6.07 Å². The Morgan fingerprint density at radius 1 is 1.25 bits per heavy atom. The molecule has 3 aromatic rings. The van der Waals surface area contributed by atoms with Crippen molar-refractivity contribution in [3.63, 3.8) is 0 Å². The molecule has 0 aliphatic carbocycles. The molecule has 0 bridgehead atoms. The number of nitrogens with zero attached hydrogens (tertiary/aromatic N) is 4. The molecule has 166 valence electrons. The van der Waals surface area contributed by atoms with Crippen LogP contribution in [0.5, 0.6) is 0 Å². The van der Waals surface area contributed by atoms with Crippen LogP contribution in [-0.2, 0) is 6.54 Å². The monoisotopic (exact) mass is 449 g/mol. The number of hydrogen-bond donors (Lipinski definition) is 1. The molecular weight excluding hydrogens is 422 g/mol. The number of anilines is 1. The van der Waals surface area contributed by atoms with Crippen LogP contribution >= 0.6 is 11.3 Å². The summed E-state index contributed by atoms with van der Waals surface area (Å²) in [6.45, 7) is 4.64. The van der Waals surface area contributed by atoms with Gasteiger partial charge in [-0.15, -0.1) is 11.3 Å². The highest BCUT2D eigenvalue weighted by molar-refractivity contribution is 7.20. The molecule has 1 aromatic carbocycles. The third kappa shape index (κ3) is 4.53. The molecular formula is C24H27N5O2S. The van der Waals surface area contributed by atoms with E-state index in [1.165, 1.54) is 17.8 Å².